The van der Waals surface area contributed by atoms with Crippen molar-refractivity contribution in [2.45, 2.75) is 6.92 Å². The number of hydrogen-bond donors (Lipinski definition) is 0. The zero-order valence-corrected chi connectivity index (χ0v) is 10.2. The molecular formula is C13H12N4O. The Morgan fingerprint density at radius 1 is 1.22 bits per heavy atom. The Kier molecular flexibility index (Phi) is 2.44. The van der Waals surface area contributed by atoms with Crippen LogP contribution in [0.4, 0.5) is 0 Å². The summed E-state index contributed by atoms with van der Waals surface area (Å²) in [6.07, 6.45) is 5.18. The lowest BCUT2D eigenvalue weighted by Crippen LogP contribution is -1.98. The summed E-state index contributed by atoms with van der Waals surface area (Å²) < 4.78 is 7.13. The van der Waals surface area contributed by atoms with Crippen molar-refractivity contribution in [3.8, 4) is 11.6 Å². The van der Waals surface area contributed by atoms with Gasteiger partial charge in [-0.25, -0.2) is 9.97 Å². The number of nitrogens with zero attached hydrogens (tertiary/aromatic N) is 4. The van der Waals surface area contributed by atoms with Gasteiger partial charge in [0.25, 0.3) is 0 Å². The zero-order valence-electron chi connectivity index (χ0n) is 10.2. The highest BCUT2D eigenvalue weighted by Gasteiger charge is 2.07. The molecule has 5 nitrogen and oxygen atoms in total. The van der Waals surface area contributed by atoms with Gasteiger partial charge in [0.05, 0.1) is 30.0 Å². The van der Waals surface area contributed by atoms with E-state index < -0.39 is 0 Å². The Morgan fingerprint density at radius 2 is 2.11 bits per heavy atom. The monoisotopic (exact) mass is 240 g/mol. The number of benzene rings is 1. The van der Waals surface area contributed by atoms with E-state index in [1.165, 1.54) is 0 Å². The van der Waals surface area contributed by atoms with Gasteiger partial charge in [0.2, 0.25) is 0 Å². The highest BCUT2D eigenvalue weighted by molar-refractivity contribution is 5.78. The molecule has 0 saturated carbocycles. The van der Waals surface area contributed by atoms with Crippen LogP contribution in [0.2, 0.25) is 0 Å². The van der Waals surface area contributed by atoms with Crippen LogP contribution in [0.25, 0.3) is 16.9 Å². The largest absolute Gasteiger partial charge is 0.497 e. The molecule has 90 valence electrons. The van der Waals surface area contributed by atoms with Crippen LogP contribution < -0.4 is 4.74 Å². The van der Waals surface area contributed by atoms with Gasteiger partial charge in [0, 0.05) is 12.3 Å². The molecule has 5 heteroatoms. The predicted octanol–water partition coefficient (Wildman–Crippen LogP) is 2.13. The van der Waals surface area contributed by atoms with E-state index in [1.807, 2.05) is 29.7 Å². The molecule has 3 rings (SSSR count). The quantitative estimate of drug-likeness (QED) is 0.688. The second-order valence-corrected chi connectivity index (χ2v) is 3.99. The van der Waals surface area contributed by atoms with Crippen molar-refractivity contribution in [2.24, 2.45) is 0 Å². The summed E-state index contributed by atoms with van der Waals surface area (Å²) in [5, 5.41) is 0. The fourth-order valence-electron chi connectivity index (χ4n) is 1.86. The summed E-state index contributed by atoms with van der Waals surface area (Å²) in [4.78, 5) is 12.9. The van der Waals surface area contributed by atoms with Crippen LogP contribution in [0.5, 0.6) is 5.75 Å². The maximum Gasteiger partial charge on any atom is 0.157 e. The highest BCUT2D eigenvalue weighted by Crippen LogP contribution is 2.21. The molecular weight excluding hydrogens is 228 g/mol. The van der Waals surface area contributed by atoms with Gasteiger partial charge in [-0.1, -0.05) is 0 Å². The standard InChI is InChI=1S/C13H12N4O/c1-9-6-14-7-13(16-9)17-8-15-11-4-3-10(18-2)5-12(11)17/h3-8H,1-2H3. The Morgan fingerprint density at radius 3 is 2.89 bits per heavy atom. The van der Waals surface area contributed by atoms with E-state index in [0.717, 1.165) is 28.3 Å². The van der Waals surface area contributed by atoms with Gasteiger partial charge in [0.15, 0.2) is 5.82 Å². The van der Waals surface area contributed by atoms with Crippen LogP contribution in [0, 0.1) is 6.92 Å². The van der Waals surface area contributed by atoms with Crippen molar-refractivity contribution in [3.05, 3.63) is 42.6 Å². The first-order valence-electron chi connectivity index (χ1n) is 5.58. The van der Waals surface area contributed by atoms with Crippen LogP contribution in [-0.2, 0) is 0 Å². The smallest absolute Gasteiger partial charge is 0.157 e. The summed E-state index contributed by atoms with van der Waals surface area (Å²) in [5.74, 6) is 1.55. The maximum absolute atomic E-state index is 5.23. The minimum absolute atomic E-state index is 0.755. The van der Waals surface area contributed by atoms with Crippen LogP contribution >= 0.6 is 0 Å². The number of aryl methyl sites for hydroxylation is 1. The van der Waals surface area contributed by atoms with Gasteiger partial charge in [-0.2, -0.15) is 0 Å². The van der Waals surface area contributed by atoms with Gasteiger partial charge in [-0.05, 0) is 19.1 Å². The maximum atomic E-state index is 5.23. The van der Waals surface area contributed by atoms with Crippen LogP contribution in [0.3, 0.4) is 0 Å². The molecule has 0 amide bonds. The average molecular weight is 240 g/mol. The number of hydrogen-bond acceptors (Lipinski definition) is 4. The van der Waals surface area contributed by atoms with Gasteiger partial charge < -0.3 is 4.74 Å². The lowest BCUT2D eigenvalue weighted by atomic mass is 10.3. The van der Waals surface area contributed by atoms with E-state index in [2.05, 4.69) is 15.0 Å². The van der Waals surface area contributed by atoms with E-state index in [1.54, 1.807) is 25.8 Å². The first-order chi connectivity index (χ1) is 8.78. The van der Waals surface area contributed by atoms with Crippen molar-refractivity contribution >= 4 is 11.0 Å². The Hall–Kier alpha value is -2.43. The van der Waals surface area contributed by atoms with Gasteiger partial charge >= 0.3 is 0 Å². The number of imidazole rings is 1. The minimum Gasteiger partial charge on any atom is -0.497 e. The van der Waals surface area contributed by atoms with E-state index in [-0.39, 0.29) is 0 Å². The molecule has 0 unspecified atom stereocenters. The normalized spacial score (nSPS) is 10.8. The number of fused-ring (bicyclic) bond motifs is 1. The fourth-order valence-corrected chi connectivity index (χ4v) is 1.86. The van der Waals surface area contributed by atoms with E-state index >= 15 is 0 Å². The number of methoxy groups -OCH3 is 1. The van der Waals surface area contributed by atoms with Crippen molar-refractivity contribution in [1.82, 2.24) is 19.5 Å². The highest BCUT2D eigenvalue weighted by atomic mass is 16.5. The molecule has 0 bridgehead atoms. The Balaban J connectivity index is 2.22. The topological polar surface area (TPSA) is 52.8 Å². The number of ether oxygens (including phenoxy) is 1. The van der Waals surface area contributed by atoms with Crippen molar-refractivity contribution in [1.29, 1.82) is 0 Å². The van der Waals surface area contributed by atoms with Gasteiger partial charge in [-0.3, -0.25) is 9.55 Å². The fraction of sp³-hybridized carbons (Fsp3) is 0.154. The summed E-state index contributed by atoms with van der Waals surface area (Å²) in [6.45, 7) is 1.91. The Bertz CT molecular complexity index is 705. The molecule has 0 aliphatic heterocycles. The van der Waals surface area contributed by atoms with E-state index in [0.29, 0.717) is 0 Å². The van der Waals surface area contributed by atoms with Crippen molar-refractivity contribution < 1.29 is 4.74 Å². The lowest BCUT2D eigenvalue weighted by molar-refractivity contribution is 0.415. The number of aromatic nitrogens is 4. The van der Waals surface area contributed by atoms with Crippen molar-refractivity contribution in [2.75, 3.05) is 7.11 Å². The van der Waals surface area contributed by atoms with Crippen molar-refractivity contribution in [3.63, 3.8) is 0 Å². The third kappa shape index (κ3) is 1.69. The molecule has 0 atom stereocenters. The summed E-state index contributed by atoms with van der Waals surface area (Å²) in [5.41, 5.74) is 2.73. The first kappa shape index (κ1) is 10.7. The third-order valence-electron chi connectivity index (χ3n) is 2.74. The molecule has 2 heterocycles. The Labute approximate surface area is 104 Å². The second kappa shape index (κ2) is 4.10. The second-order valence-electron chi connectivity index (χ2n) is 3.99. The molecule has 2 aromatic heterocycles. The molecule has 18 heavy (non-hydrogen) atoms. The van der Waals surface area contributed by atoms with Gasteiger partial charge in [0.1, 0.15) is 12.1 Å². The molecule has 0 aliphatic rings. The lowest BCUT2D eigenvalue weighted by Gasteiger charge is -2.04. The molecule has 0 fully saturated rings. The molecule has 1 aromatic carbocycles. The molecule has 0 N–H and O–H groups in total. The summed E-state index contributed by atoms with van der Waals surface area (Å²) >= 11 is 0. The molecule has 0 aliphatic carbocycles. The zero-order chi connectivity index (χ0) is 12.5. The first-order valence-corrected chi connectivity index (χ1v) is 5.58. The molecule has 3 aromatic rings. The van der Waals surface area contributed by atoms with E-state index in [4.69, 9.17) is 4.74 Å². The van der Waals surface area contributed by atoms with E-state index in [9.17, 15) is 0 Å². The molecule has 0 spiro atoms. The third-order valence-corrected chi connectivity index (χ3v) is 2.74. The summed E-state index contributed by atoms with van der Waals surface area (Å²) in [7, 11) is 1.65. The average Bonchev–Trinajstić information content (AvgIpc) is 2.81. The number of rotatable bonds is 2. The van der Waals surface area contributed by atoms with Crippen LogP contribution in [0.15, 0.2) is 36.9 Å². The van der Waals surface area contributed by atoms with Crippen LogP contribution in [0.1, 0.15) is 5.69 Å². The minimum atomic E-state index is 0.755. The molecule has 0 saturated heterocycles. The van der Waals surface area contributed by atoms with Crippen LogP contribution in [-0.4, -0.2) is 26.6 Å². The predicted molar refractivity (Wildman–Crippen MR) is 67.9 cm³/mol. The summed E-state index contributed by atoms with van der Waals surface area (Å²) in [6, 6.07) is 5.75. The SMILES string of the molecule is COc1ccc2ncn(-c3cncc(C)n3)c2c1. The van der Waals surface area contributed by atoms with Gasteiger partial charge in [-0.15, -0.1) is 0 Å². The molecule has 0 radical (unpaired) electrons.